The minimum atomic E-state index is 0.270. The van der Waals surface area contributed by atoms with Gasteiger partial charge in [0.25, 0.3) is 0 Å². The Balaban J connectivity index is 0.000000222. The van der Waals surface area contributed by atoms with E-state index in [4.69, 9.17) is 47.4 Å². The molecule has 0 radical (unpaired) electrons. The largest absolute Gasteiger partial charge is 0.508 e. The van der Waals surface area contributed by atoms with Crippen molar-refractivity contribution in [2.24, 2.45) is 0 Å². The lowest BCUT2D eigenvalue weighted by atomic mass is 10.0. The number of rotatable bonds is 40. The van der Waals surface area contributed by atoms with Crippen molar-refractivity contribution in [3.63, 3.8) is 0 Å². The van der Waals surface area contributed by atoms with Crippen molar-refractivity contribution < 1.29 is 67.8 Å². The van der Waals surface area contributed by atoms with E-state index in [0.29, 0.717) is 131 Å². The Morgan fingerprint density at radius 1 is 0.298 bits per heavy atom. The molecule has 0 bridgehead atoms. The first-order valence-corrected chi connectivity index (χ1v) is 39.2. The van der Waals surface area contributed by atoms with E-state index in [9.17, 15) is 20.4 Å². The van der Waals surface area contributed by atoms with Crippen molar-refractivity contribution in [2.75, 3.05) is 106 Å². The van der Waals surface area contributed by atoms with Gasteiger partial charge in [0, 0.05) is 57.2 Å². The summed E-state index contributed by atoms with van der Waals surface area (Å²) in [5.41, 5.74) is 11.0. The zero-order valence-electron chi connectivity index (χ0n) is 57.6. The molecule has 1 aliphatic carbocycles. The molecular formula is C85H84I2O14S3. The van der Waals surface area contributed by atoms with E-state index in [0.717, 1.165) is 92.2 Å². The first-order chi connectivity index (χ1) is 51.1. The highest BCUT2D eigenvalue weighted by Crippen LogP contribution is 2.40. The second kappa shape index (κ2) is 41.6. The van der Waals surface area contributed by atoms with E-state index in [-0.39, 0.29) is 23.0 Å². The van der Waals surface area contributed by atoms with Gasteiger partial charge in [0.2, 0.25) is 0 Å². The summed E-state index contributed by atoms with van der Waals surface area (Å²) in [5.74, 6) is 4.24. The van der Waals surface area contributed by atoms with Gasteiger partial charge in [-0.1, -0.05) is 97.1 Å². The summed E-state index contributed by atoms with van der Waals surface area (Å²) in [6.07, 6.45) is 9.72. The van der Waals surface area contributed by atoms with Crippen LogP contribution >= 0.6 is 79.2 Å². The van der Waals surface area contributed by atoms with Crippen LogP contribution in [0.5, 0.6) is 46.0 Å². The smallest absolute Gasteiger partial charge is 0.122 e. The zero-order valence-corrected chi connectivity index (χ0v) is 64.4. The van der Waals surface area contributed by atoms with Gasteiger partial charge in [-0.15, -0.1) is 34.0 Å². The molecule has 14 nitrogen and oxygen atoms in total. The number of allylic oxidation sites excluding steroid dienone is 4. The van der Waals surface area contributed by atoms with Crippen LogP contribution < -0.4 is 18.9 Å². The molecule has 0 aliphatic heterocycles. The maximum Gasteiger partial charge on any atom is 0.122 e. The number of hydrogen-bond donors (Lipinski definition) is 4. The summed E-state index contributed by atoms with van der Waals surface area (Å²) < 4.78 is 60.4. The number of aromatic hydroxyl groups is 4. The van der Waals surface area contributed by atoms with E-state index in [1.54, 1.807) is 58.3 Å². The van der Waals surface area contributed by atoms with Crippen molar-refractivity contribution in [3.8, 4) is 76.6 Å². The van der Waals surface area contributed by atoms with Gasteiger partial charge >= 0.3 is 0 Å². The summed E-state index contributed by atoms with van der Waals surface area (Å²) in [5, 5.41) is 44.0. The third-order valence-electron chi connectivity index (χ3n) is 16.7. The lowest BCUT2D eigenvalue weighted by Crippen LogP contribution is -2.14. The lowest BCUT2D eigenvalue weighted by molar-refractivity contribution is 0.00492. The molecule has 0 saturated heterocycles. The van der Waals surface area contributed by atoms with E-state index < -0.39 is 0 Å². The monoisotopic (exact) mass is 1680 g/mol. The fourth-order valence-electron chi connectivity index (χ4n) is 11.4. The number of para-hydroxylation sites is 4. The van der Waals surface area contributed by atoms with E-state index in [1.807, 2.05) is 133 Å². The normalized spacial score (nSPS) is 11.7. The molecule has 11 aromatic rings. The van der Waals surface area contributed by atoms with Gasteiger partial charge in [0.15, 0.2) is 0 Å². The van der Waals surface area contributed by atoms with Crippen LogP contribution in [0.2, 0.25) is 0 Å². The molecule has 8 aromatic carbocycles. The number of benzene rings is 8. The number of ether oxygens (including phenoxy) is 10. The molecule has 104 heavy (non-hydrogen) atoms. The van der Waals surface area contributed by atoms with Crippen LogP contribution in [-0.4, -0.2) is 126 Å². The number of hydrogen-bond acceptors (Lipinski definition) is 17. The molecule has 0 spiro atoms. The molecular weight excluding hydrogens is 1590 g/mol. The molecule has 1 aliphatic rings. The first kappa shape index (κ1) is 77.1. The minimum absolute atomic E-state index is 0.270. The summed E-state index contributed by atoms with van der Waals surface area (Å²) in [6.45, 7) is 7.09. The van der Waals surface area contributed by atoms with Gasteiger partial charge in [-0.05, 0) is 246 Å². The number of halogens is 2. The lowest BCUT2D eigenvalue weighted by Gasteiger charge is -2.14. The Labute approximate surface area is 648 Å². The van der Waals surface area contributed by atoms with Gasteiger partial charge in [-0.2, -0.15) is 0 Å². The molecule has 12 rings (SSSR count). The number of phenols is 4. The molecule has 19 heteroatoms. The van der Waals surface area contributed by atoms with Crippen molar-refractivity contribution in [3.05, 3.63) is 286 Å². The van der Waals surface area contributed by atoms with Gasteiger partial charge in [0.1, 0.15) is 72.4 Å². The zero-order chi connectivity index (χ0) is 71.9. The van der Waals surface area contributed by atoms with Crippen molar-refractivity contribution in [1.29, 1.82) is 0 Å². The Morgan fingerprint density at radius 3 is 0.981 bits per heavy atom. The van der Waals surface area contributed by atoms with E-state index in [2.05, 4.69) is 117 Å². The molecule has 0 atom stereocenters. The van der Waals surface area contributed by atoms with Crippen LogP contribution in [0, 0.1) is 7.14 Å². The molecule has 4 N–H and O–H groups in total. The second-order valence-corrected chi connectivity index (χ2v) is 29.7. The van der Waals surface area contributed by atoms with Crippen LogP contribution in [0.15, 0.2) is 230 Å². The summed E-state index contributed by atoms with van der Waals surface area (Å²) in [7, 11) is 0. The topological polar surface area (TPSA) is 173 Å². The van der Waals surface area contributed by atoms with Crippen LogP contribution in [0.4, 0.5) is 0 Å². The predicted octanol–water partition coefficient (Wildman–Crippen LogP) is 19.3. The quantitative estimate of drug-likeness (QED) is 0.0211. The Hall–Kier alpha value is -8.04. The first-order valence-electron chi connectivity index (χ1n) is 34.5. The minimum Gasteiger partial charge on any atom is -0.508 e. The van der Waals surface area contributed by atoms with Gasteiger partial charge < -0.3 is 67.8 Å². The van der Waals surface area contributed by atoms with Crippen LogP contribution in [0.3, 0.4) is 0 Å². The van der Waals surface area contributed by atoms with Crippen LogP contribution in [0.25, 0.3) is 36.2 Å². The van der Waals surface area contributed by atoms with Crippen LogP contribution in [-0.2, 0) is 54.1 Å². The van der Waals surface area contributed by atoms with Crippen molar-refractivity contribution in [1.82, 2.24) is 0 Å². The summed E-state index contributed by atoms with van der Waals surface area (Å²) in [4.78, 5) is 6.14. The number of thiophene rings is 3. The SMILES string of the molecule is Oc1ccc(-c2ccc(C3=CC=CC3)s2)cc1Cc1ccccc1OCCOCCOCCOCCOc1ccccc1Cc1cc(-c2ccc(-c3cccs3)s2)ccc1O.Oc1ccc(I)cc1Cc1ccccc1OCCOCCOCCOCCOc1ccccc1Cc1cc(I)ccc1O. The molecule has 3 aromatic heterocycles. The average molecular weight is 1680 g/mol. The predicted molar refractivity (Wildman–Crippen MR) is 433 cm³/mol. The Kier molecular flexibility index (Phi) is 30.8. The maximum atomic E-state index is 10.7. The molecule has 0 fully saturated rings. The highest BCUT2D eigenvalue weighted by Gasteiger charge is 2.17. The molecule has 0 amide bonds. The second-order valence-electron chi connectivity index (χ2n) is 24.1. The molecule has 0 unspecified atom stereocenters. The molecule has 0 saturated carbocycles. The fraction of sp³-hybridized carbons (Fsp3) is 0.247. The third kappa shape index (κ3) is 24.0. The maximum absolute atomic E-state index is 10.7. The van der Waals surface area contributed by atoms with Gasteiger partial charge in [-0.3, -0.25) is 0 Å². The molecule has 3 heterocycles. The standard InChI is InChI=1S/C51H48O7S3.C34H36I2O7/c52-43-17-15-39(48-20-19-47(60-48)36-8-1-2-9-36)34-41(43)32-37-10-3-5-12-45(37)57-29-27-55-25-23-54-24-26-56-28-30-58-46-13-6-4-11-38(46)33-42-35-40(16-18-44(42)53)49-21-22-51(61-49)50-14-7-31-59-50;35-29-9-11-31(37)27(23-29)21-25-5-1-3-7-33(25)42-19-17-40-15-13-39-14-16-41-18-20-43-34-8-4-2-6-26(34)22-28-24-30(36)10-12-32(28)38/h1-8,10-22,31,34-35,52-53H,9,23-30,32-33H2;1-12,23-24,37-38H,13-22H2. The fourth-order valence-corrected chi connectivity index (χ4v) is 15.4. The Bertz CT molecular complexity index is 4420. The van der Waals surface area contributed by atoms with E-state index in [1.165, 1.54) is 30.0 Å². The number of phenolic OH excluding ortho intramolecular Hbond substituents is 4. The van der Waals surface area contributed by atoms with Crippen molar-refractivity contribution in [2.45, 2.75) is 32.1 Å². The Morgan fingerprint density at radius 2 is 0.625 bits per heavy atom. The van der Waals surface area contributed by atoms with Crippen LogP contribution in [0.1, 0.15) is 55.8 Å². The highest BCUT2D eigenvalue weighted by molar-refractivity contribution is 14.1. The summed E-state index contributed by atoms with van der Waals surface area (Å²) in [6, 6.07) is 67.3. The van der Waals surface area contributed by atoms with E-state index >= 15 is 0 Å². The van der Waals surface area contributed by atoms with Gasteiger partial charge in [-0.25, -0.2) is 0 Å². The van der Waals surface area contributed by atoms with Crippen molar-refractivity contribution >= 4 is 84.8 Å². The molecule has 540 valence electrons. The average Bonchev–Trinajstić information content (AvgIpc) is 1.59. The summed E-state index contributed by atoms with van der Waals surface area (Å²) >= 11 is 9.76. The highest BCUT2D eigenvalue weighted by atomic mass is 127. The third-order valence-corrected chi connectivity index (χ3v) is 21.5. The van der Waals surface area contributed by atoms with Gasteiger partial charge in [0.05, 0.1) is 79.3 Å².